The van der Waals surface area contributed by atoms with Gasteiger partial charge in [0.15, 0.2) is 12.6 Å². The molecule has 0 radical (unpaired) electrons. The molecule has 0 unspecified atom stereocenters. The molecule has 0 spiro atoms. The monoisotopic (exact) mass is 357 g/mol. The highest BCUT2D eigenvalue weighted by Gasteiger charge is 2.28. The lowest BCUT2D eigenvalue weighted by atomic mass is 10.2. The fraction of sp³-hybridized carbons (Fsp3) is 0.312. The van der Waals surface area contributed by atoms with Crippen LogP contribution in [0.1, 0.15) is 10.4 Å². The van der Waals surface area contributed by atoms with Gasteiger partial charge in [-0.05, 0) is 29.1 Å². The van der Waals surface area contributed by atoms with Crippen molar-refractivity contribution in [3.05, 3.63) is 52.2 Å². The number of alkyl halides is 3. The van der Waals surface area contributed by atoms with Gasteiger partial charge >= 0.3 is 6.18 Å². The average Bonchev–Trinajstić information content (AvgIpc) is 3.06. The maximum atomic E-state index is 12.2. The first-order chi connectivity index (χ1) is 11.5. The standard InChI is InChI=1S/C16H18F3N3OS/c1-20-15(22-10-14-6-3-7-24-14)21-9-12-4-2-5-13(8-12)23-11-16(17,18)19/h2-8H,9-11H2,1H3,(H2,20,21,22). The molecule has 0 aliphatic rings. The van der Waals surface area contributed by atoms with Crippen molar-refractivity contribution >= 4 is 17.3 Å². The number of nitrogens with one attached hydrogen (secondary N) is 2. The summed E-state index contributed by atoms with van der Waals surface area (Å²) in [6, 6.07) is 10.5. The van der Waals surface area contributed by atoms with E-state index in [4.69, 9.17) is 4.74 Å². The lowest BCUT2D eigenvalue weighted by molar-refractivity contribution is -0.153. The zero-order chi connectivity index (χ0) is 17.4. The molecule has 24 heavy (non-hydrogen) atoms. The van der Waals surface area contributed by atoms with Crippen LogP contribution in [0.4, 0.5) is 13.2 Å². The van der Waals surface area contributed by atoms with Gasteiger partial charge in [-0.3, -0.25) is 4.99 Å². The Balaban J connectivity index is 1.83. The largest absolute Gasteiger partial charge is 0.484 e. The van der Waals surface area contributed by atoms with Crippen LogP contribution in [0.15, 0.2) is 46.8 Å². The van der Waals surface area contributed by atoms with Crippen molar-refractivity contribution in [2.45, 2.75) is 19.3 Å². The lowest BCUT2D eigenvalue weighted by Crippen LogP contribution is -2.36. The average molecular weight is 357 g/mol. The number of thiophene rings is 1. The smallest absolute Gasteiger partial charge is 0.422 e. The molecule has 0 atom stereocenters. The van der Waals surface area contributed by atoms with Crippen molar-refractivity contribution in [3.8, 4) is 5.75 Å². The molecule has 0 fully saturated rings. The highest BCUT2D eigenvalue weighted by molar-refractivity contribution is 7.09. The fourth-order valence-electron chi connectivity index (χ4n) is 1.90. The highest BCUT2D eigenvalue weighted by atomic mass is 32.1. The molecular formula is C16H18F3N3OS. The Morgan fingerprint density at radius 3 is 2.62 bits per heavy atom. The first kappa shape index (κ1) is 18.1. The minimum absolute atomic E-state index is 0.188. The van der Waals surface area contributed by atoms with Crippen LogP contribution in [0.2, 0.25) is 0 Å². The van der Waals surface area contributed by atoms with Gasteiger partial charge in [-0.15, -0.1) is 11.3 Å². The SMILES string of the molecule is CN=C(NCc1cccc(OCC(F)(F)F)c1)NCc1cccs1. The topological polar surface area (TPSA) is 45.7 Å². The molecule has 0 bridgehead atoms. The summed E-state index contributed by atoms with van der Waals surface area (Å²) in [6.45, 7) is -0.215. The van der Waals surface area contributed by atoms with Crippen molar-refractivity contribution < 1.29 is 17.9 Å². The van der Waals surface area contributed by atoms with Crippen LogP contribution in [0.25, 0.3) is 0 Å². The van der Waals surface area contributed by atoms with Crippen molar-refractivity contribution in [1.82, 2.24) is 10.6 Å². The summed E-state index contributed by atoms with van der Waals surface area (Å²) in [6.07, 6.45) is -4.35. The Morgan fingerprint density at radius 1 is 1.17 bits per heavy atom. The van der Waals surface area contributed by atoms with E-state index in [1.54, 1.807) is 36.6 Å². The van der Waals surface area contributed by atoms with Gasteiger partial charge < -0.3 is 15.4 Å². The van der Waals surface area contributed by atoms with Gasteiger partial charge in [0.05, 0.1) is 6.54 Å². The Bertz CT molecular complexity index is 657. The Morgan fingerprint density at radius 2 is 1.96 bits per heavy atom. The molecule has 4 nitrogen and oxygen atoms in total. The number of hydrogen-bond acceptors (Lipinski definition) is 3. The van der Waals surface area contributed by atoms with Gasteiger partial charge in [-0.25, -0.2) is 0 Å². The van der Waals surface area contributed by atoms with Crippen LogP contribution in [-0.4, -0.2) is 25.8 Å². The van der Waals surface area contributed by atoms with E-state index in [-0.39, 0.29) is 5.75 Å². The molecule has 2 N–H and O–H groups in total. The Kier molecular flexibility index (Phi) is 6.48. The zero-order valence-corrected chi connectivity index (χ0v) is 13.9. The van der Waals surface area contributed by atoms with Crippen molar-refractivity contribution in [2.75, 3.05) is 13.7 Å². The minimum atomic E-state index is -4.35. The van der Waals surface area contributed by atoms with Gasteiger partial charge in [0.1, 0.15) is 5.75 Å². The molecule has 0 aliphatic heterocycles. The molecule has 0 amide bonds. The third-order valence-electron chi connectivity index (χ3n) is 2.99. The number of halogens is 3. The molecule has 1 heterocycles. The molecule has 0 saturated carbocycles. The third-order valence-corrected chi connectivity index (χ3v) is 3.87. The maximum absolute atomic E-state index is 12.2. The lowest BCUT2D eigenvalue weighted by Gasteiger charge is -2.13. The first-order valence-electron chi connectivity index (χ1n) is 7.21. The number of guanidine groups is 1. The van der Waals surface area contributed by atoms with Crippen molar-refractivity contribution in [1.29, 1.82) is 0 Å². The molecule has 8 heteroatoms. The van der Waals surface area contributed by atoms with Crippen LogP contribution in [0, 0.1) is 0 Å². The predicted molar refractivity (Wildman–Crippen MR) is 89.3 cm³/mol. The molecule has 130 valence electrons. The quantitative estimate of drug-likeness (QED) is 0.614. The van der Waals surface area contributed by atoms with Crippen LogP contribution in [-0.2, 0) is 13.1 Å². The van der Waals surface area contributed by atoms with E-state index in [1.165, 1.54) is 10.9 Å². The molecule has 1 aromatic heterocycles. The summed E-state index contributed by atoms with van der Waals surface area (Å²) in [5.41, 5.74) is 0.800. The summed E-state index contributed by atoms with van der Waals surface area (Å²) >= 11 is 1.65. The number of benzene rings is 1. The third kappa shape index (κ3) is 6.49. The fourth-order valence-corrected chi connectivity index (χ4v) is 2.55. The van der Waals surface area contributed by atoms with E-state index in [0.717, 1.165) is 5.56 Å². The zero-order valence-electron chi connectivity index (χ0n) is 13.1. The normalized spacial score (nSPS) is 12.1. The van der Waals surface area contributed by atoms with E-state index in [2.05, 4.69) is 15.6 Å². The Labute approximate surface area is 142 Å². The van der Waals surface area contributed by atoms with Gasteiger partial charge in [-0.2, -0.15) is 13.2 Å². The van der Waals surface area contributed by atoms with Gasteiger partial charge in [0.2, 0.25) is 0 Å². The van der Waals surface area contributed by atoms with Crippen LogP contribution in [0.5, 0.6) is 5.75 Å². The predicted octanol–water partition coefficient (Wildman–Crippen LogP) is 3.55. The molecule has 2 rings (SSSR count). The molecule has 0 saturated heterocycles. The number of ether oxygens (including phenoxy) is 1. The van der Waals surface area contributed by atoms with Crippen molar-refractivity contribution in [2.24, 2.45) is 4.99 Å². The Hall–Kier alpha value is -2.22. The summed E-state index contributed by atoms with van der Waals surface area (Å²) in [5.74, 6) is 0.804. The van der Waals surface area contributed by atoms with E-state index < -0.39 is 12.8 Å². The van der Waals surface area contributed by atoms with E-state index in [0.29, 0.717) is 19.0 Å². The molecule has 2 aromatic rings. The second kappa shape index (κ2) is 8.58. The molecule has 1 aromatic carbocycles. The van der Waals surface area contributed by atoms with Crippen LogP contribution < -0.4 is 15.4 Å². The van der Waals surface area contributed by atoms with Crippen molar-refractivity contribution in [3.63, 3.8) is 0 Å². The second-order valence-electron chi connectivity index (χ2n) is 4.91. The summed E-state index contributed by atoms with van der Waals surface area (Å²) in [4.78, 5) is 5.29. The maximum Gasteiger partial charge on any atom is 0.422 e. The van der Waals surface area contributed by atoms with Gasteiger partial charge in [-0.1, -0.05) is 18.2 Å². The van der Waals surface area contributed by atoms with Gasteiger partial charge in [0, 0.05) is 18.5 Å². The van der Waals surface area contributed by atoms with E-state index in [9.17, 15) is 13.2 Å². The number of aliphatic imine (C=N–C) groups is 1. The summed E-state index contributed by atoms with van der Waals surface area (Å²) in [7, 11) is 1.66. The summed E-state index contributed by atoms with van der Waals surface area (Å²) < 4.78 is 41.3. The number of hydrogen-bond donors (Lipinski definition) is 2. The second-order valence-corrected chi connectivity index (χ2v) is 5.94. The first-order valence-corrected chi connectivity index (χ1v) is 8.09. The van der Waals surface area contributed by atoms with E-state index in [1.807, 2.05) is 17.5 Å². The van der Waals surface area contributed by atoms with Crippen LogP contribution >= 0.6 is 11.3 Å². The molecular weight excluding hydrogens is 339 g/mol. The number of nitrogens with zero attached hydrogens (tertiary/aromatic N) is 1. The summed E-state index contributed by atoms with van der Waals surface area (Å²) in [5, 5.41) is 8.28. The number of rotatable bonds is 6. The minimum Gasteiger partial charge on any atom is -0.484 e. The van der Waals surface area contributed by atoms with Crippen LogP contribution in [0.3, 0.4) is 0 Å². The van der Waals surface area contributed by atoms with E-state index >= 15 is 0 Å². The molecule has 0 aliphatic carbocycles. The highest BCUT2D eigenvalue weighted by Crippen LogP contribution is 2.19. The van der Waals surface area contributed by atoms with Gasteiger partial charge in [0.25, 0.3) is 0 Å².